The molecule has 0 aliphatic rings. The van der Waals surface area contributed by atoms with E-state index in [2.05, 4.69) is 21.6 Å². The van der Waals surface area contributed by atoms with Crippen LogP contribution in [0.15, 0.2) is 48.5 Å². The van der Waals surface area contributed by atoms with Gasteiger partial charge in [0.1, 0.15) is 0 Å². The van der Waals surface area contributed by atoms with Gasteiger partial charge >= 0.3 is 0 Å². The summed E-state index contributed by atoms with van der Waals surface area (Å²) in [5, 5.41) is 20.8. The van der Waals surface area contributed by atoms with Gasteiger partial charge in [0.05, 0.1) is 23.0 Å². The van der Waals surface area contributed by atoms with Crippen molar-refractivity contribution in [1.82, 2.24) is 20.3 Å². The van der Waals surface area contributed by atoms with E-state index in [0.717, 1.165) is 5.56 Å². The molecule has 0 saturated carbocycles. The zero-order valence-corrected chi connectivity index (χ0v) is 14.2. The Bertz CT molecular complexity index is 974. The van der Waals surface area contributed by atoms with Crippen molar-refractivity contribution >= 4 is 17.5 Å². The number of rotatable bonds is 4. The molecule has 1 heterocycles. The Morgan fingerprint density at radius 1 is 1.24 bits per heavy atom. The summed E-state index contributed by atoms with van der Waals surface area (Å²) in [6.07, 6.45) is 0. The fourth-order valence-electron chi connectivity index (χ4n) is 2.32. The third kappa shape index (κ3) is 3.84. The van der Waals surface area contributed by atoms with Gasteiger partial charge in [-0.3, -0.25) is 4.79 Å². The van der Waals surface area contributed by atoms with Crippen LogP contribution in [0.4, 0.5) is 0 Å². The maximum Gasteiger partial charge on any atom is 0.274 e. The number of carbonyl (C=O) groups is 1. The second kappa shape index (κ2) is 7.16. The van der Waals surface area contributed by atoms with Crippen molar-refractivity contribution in [1.29, 1.82) is 5.26 Å². The van der Waals surface area contributed by atoms with Crippen LogP contribution in [-0.2, 0) is 6.54 Å². The van der Waals surface area contributed by atoms with E-state index in [1.165, 1.54) is 4.80 Å². The molecule has 124 valence electrons. The van der Waals surface area contributed by atoms with E-state index < -0.39 is 0 Å². The van der Waals surface area contributed by atoms with Crippen LogP contribution in [0, 0.1) is 18.3 Å². The quantitative estimate of drug-likeness (QED) is 0.783. The summed E-state index contributed by atoms with van der Waals surface area (Å²) in [5.74, 6) is -0.326. The summed E-state index contributed by atoms with van der Waals surface area (Å²) < 4.78 is 0. The maximum atomic E-state index is 12.4. The van der Waals surface area contributed by atoms with Crippen LogP contribution in [0.5, 0.6) is 0 Å². The third-order valence-corrected chi connectivity index (χ3v) is 3.78. The van der Waals surface area contributed by atoms with Crippen molar-refractivity contribution in [3.8, 4) is 11.8 Å². The van der Waals surface area contributed by atoms with E-state index in [4.69, 9.17) is 16.9 Å². The zero-order chi connectivity index (χ0) is 17.8. The molecule has 0 bridgehead atoms. The molecular weight excluding hydrogens is 338 g/mol. The van der Waals surface area contributed by atoms with Gasteiger partial charge in [-0.15, -0.1) is 5.10 Å². The number of nitrogens with zero attached hydrogens (tertiary/aromatic N) is 4. The molecule has 3 aromatic rings. The second-order valence-corrected chi connectivity index (χ2v) is 5.83. The zero-order valence-electron chi connectivity index (χ0n) is 13.4. The minimum atomic E-state index is -0.326. The van der Waals surface area contributed by atoms with Crippen LogP contribution in [0.25, 0.3) is 5.69 Å². The van der Waals surface area contributed by atoms with Gasteiger partial charge < -0.3 is 5.32 Å². The van der Waals surface area contributed by atoms with Gasteiger partial charge in [0.2, 0.25) is 0 Å². The van der Waals surface area contributed by atoms with Crippen LogP contribution in [0.2, 0.25) is 5.02 Å². The fraction of sp³-hybridized carbons (Fsp3) is 0.111. The number of hydrogen-bond donors (Lipinski definition) is 1. The average Bonchev–Trinajstić information content (AvgIpc) is 3.02. The standard InChI is InChI=1S/C18H14ClN5O/c1-12-17(23-24(22-12)16-7-3-6-15(19)9-16)18(25)21-11-14-5-2-4-13(8-14)10-20/h2-9H,11H2,1H3,(H,21,25). The highest BCUT2D eigenvalue weighted by Crippen LogP contribution is 2.14. The summed E-state index contributed by atoms with van der Waals surface area (Å²) in [5.41, 5.74) is 2.83. The highest BCUT2D eigenvalue weighted by atomic mass is 35.5. The lowest BCUT2D eigenvalue weighted by Crippen LogP contribution is -2.24. The molecule has 25 heavy (non-hydrogen) atoms. The number of nitrogens with one attached hydrogen (secondary N) is 1. The predicted molar refractivity (Wildman–Crippen MR) is 93.4 cm³/mol. The molecule has 0 radical (unpaired) electrons. The monoisotopic (exact) mass is 351 g/mol. The fourth-order valence-corrected chi connectivity index (χ4v) is 2.51. The lowest BCUT2D eigenvalue weighted by Gasteiger charge is -2.04. The summed E-state index contributed by atoms with van der Waals surface area (Å²) in [6.45, 7) is 2.02. The third-order valence-electron chi connectivity index (χ3n) is 3.55. The van der Waals surface area contributed by atoms with Gasteiger partial charge in [0.25, 0.3) is 5.91 Å². The van der Waals surface area contributed by atoms with Gasteiger partial charge in [-0.2, -0.15) is 15.2 Å². The first-order chi connectivity index (χ1) is 12.1. The number of hydrogen-bond acceptors (Lipinski definition) is 4. The van der Waals surface area contributed by atoms with Crippen molar-refractivity contribution in [2.45, 2.75) is 13.5 Å². The van der Waals surface area contributed by atoms with Gasteiger partial charge in [0.15, 0.2) is 5.69 Å². The molecule has 0 aliphatic carbocycles. The number of benzene rings is 2. The van der Waals surface area contributed by atoms with Gasteiger partial charge in [-0.05, 0) is 42.8 Å². The summed E-state index contributed by atoms with van der Waals surface area (Å²) in [4.78, 5) is 13.8. The molecule has 0 fully saturated rings. The minimum Gasteiger partial charge on any atom is -0.347 e. The lowest BCUT2D eigenvalue weighted by molar-refractivity contribution is 0.0945. The van der Waals surface area contributed by atoms with E-state index in [1.54, 1.807) is 49.4 Å². The highest BCUT2D eigenvalue weighted by Gasteiger charge is 2.16. The van der Waals surface area contributed by atoms with Crippen molar-refractivity contribution < 1.29 is 4.79 Å². The summed E-state index contributed by atoms with van der Waals surface area (Å²) >= 11 is 5.98. The Labute approximate surface area is 149 Å². The van der Waals surface area contributed by atoms with Crippen LogP contribution < -0.4 is 5.32 Å². The van der Waals surface area contributed by atoms with Crippen LogP contribution in [0.3, 0.4) is 0 Å². The Kier molecular flexibility index (Phi) is 4.78. The van der Waals surface area contributed by atoms with E-state index >= 15 is 0 Å². The molecule has 2 aromatic carbocycles. The Balaban J connectivity index is 1.75. The number of amides is 1. The van der Waals surface area contributed by atoms with Gasteiger partial charge in [-0.1, -0.05) is 29.8 Å². The van der Waals surface area contributed by atoms with Crippen molar-refractivity contribution in [2.75, 3.05) is 0 Å². The Morgan fingerprint density at radius 2 is 2.04 bits per heavy atom. The summed E-state index contributed by atoms with van der Waals surface area (Å²) in [7, 11) is 0. The lowest BCUT2D eigenvalue weighted by atomic mass is 10.1. The molecule has 0 saturated heterocycles. The number of aromatic nitrogens is 3. The molecule has 3 rings (SSSR count). The van der Waals surface area contributed by atoms with Gasteiger partial charge in [-0.25, -0.2) is 0 Å². The molecule has 1 N–H and O–H groups in total. The number of halogens is 1. The molecule has 0 spiro atoms. The van der Waals surface area contributed by atoms with Crippen LogP contribution in [-0.4, -0.2) is 20.9 Å². The maximum absolute atomic E-state index is 12.4. The molecule has 0 atom stereocenters. The van der Waals surface area contributed by atoms with Crippen LogP contribution in [0.1, 0.15) is 27.3 Å². The smallest absolute Gasteiger partial charge is 0.274 e. The molecular formula is C18H14ClN5O. The van der Waals surface area contributed by atoms with E-state index in [-0.39, 0.29) is 11.6 Å². The molecule has 6 nitrogen and oxygen atoms in total. The minimum absolute atomic E-state index is 0.247. The Morgan fingerprint density at radius 3 is 2.80 bits per heavy atom. The predicted octanol–water partition coefficient (Wildman–Crippen LogP) is 3.03. The second-order valence-electron chi connectivity index (χ2n) is 5.40. The SMILES string of the molecule is Cc1nn(-c2cccc(Cl)c2)nc1C(=O)NCc1cccc(C#N)c1. The Hall–Kier alpha value is -3.17. The topological polar surface area (TPSA) is 83.6 Å². The highest BCUT2D eigenvalue weighted by molar-refractivity contribution is 6.30. The van der Waals surface area contributed by atoms with Crippen LogP contribution >= 0.6 is 11.6 Å². The van der Waals surface area contributed by atoms with E-state index in [1.807, 2.05) is 6.07 Å². The average molecular weight is 352 g/mol. The largest absolute Gasteiger partial charge is 0.347 e. The molecule has 0 aliphatic heterocycles. The number of nitriles is 1. The van der Waals surface area contributed by atoms with E-state index in [0.29, 0.717) is 28.5 Å². The van der Waals surface area contributed by atoms with Crippen molar-refractivity contribution in [3.63, 3.8) is 0 Å². The first-order valence-electron chi connectivity index (χ1n) is 7.54. The molecule has 0 unspecified atom stereocenters. The molecule has 7 heteroatoms. The summed E-state index contributed by atoms with van der Waals surface area (Å²) in [6, 6.07) is 16.2. The number of aryl methyl sites for hydroxylation is 1. The molecule has 1 amide bonds. The number of carbonyl (C=O) groups excluding carboxylic acids is 1. The first kappa shape index (κ1) is 16.7. The van der Waals surface area contributed by atoms with Crippen molar-refractivity contribution in [2.24, 2.45) is 0 Å². The van der Waals surface area contributed by atoms with Gasteiger partial charge in [0, 0.05) is 11.6 Å². The van der Waals surface area contributed by atoms with E-state index in [9.17, 15) is 4.79 Å². The first-order valence-corrected chi connectivity index (χ1v) is 7.92. The normalized spacial score (nSPS) is 10.3. The van der Waals surface area contributed by atoms with Crippen molar-refractivity contribution in [3.05, 3.63) is 76.1 Å². The molecule has 1 aromatic heterocycles.